The average molecular weight is 278 g/mol. The van der Waals surface area contributed by atoms with Crippen LogP contribution in [0.5, 0.6) is 0 Å². The van der Waals surface area contributed by atoms with E-state index in [-0.39, 0.29) is 19.2 Å². The standard InChI is InChI=1S/C15H22N2O3/c1-11-4-5-12(2)13(8-11)16-14(20)17-7-3-6-15(17,9-18)10-19/h4-5,8,18-19H,3,6-7,9-10H2,1-2H3,(H,16,20). The Bertz CT molecular complexity index is 498. The number of benzene rings is 1. The first-order chi connectivity index (χ1) is 9.52. The predicted molar refractivity (Wildman–Crippen MR) is 77.8 cm³/mol. The largest absolute Gasteiger partial charge is 0.394 e. The number of hydrogen-bond donors (Lipinski definition) is 3. The molecule has 1 aromatic rings. The molecule has 2 amide bonds. The molecular weight excluding hydrogens is 256 g/mol. The van der Waals surface area contributed by atoms with E-state index >= 15 is 0 Å². The number of aryl methyl sites for hydroxylation is 2. The molecule has 1 fully saturated rings. The van der Waals surface area contributed by atoms with Gasteiger partial charge in [-0.2, -0.15) is 0 Å². The Hall–Kier alpha value is -1.59. The van der Waals surface area contributed by atoms with Crippen LogP contribution in [-0.2, 0) is 0 Å². The summed E-state index contributed by atoms with van der Waals surface area (Å²) in [6.07, 6.45) is 1.42. The van der Waals surface area contributed by atoms with Crippen LogP contribution in [0, 0.1) is 13.8 Å². The minimum atomic E-state index is -0.832. The zero-order valence-electron chi connectivity index (χ0n) is 12.0. The number of likely N-dealkylation sites (tertiary alicyclic amines) is 1. The van der Waals surface area contributed by atoms with Gasteiger partial charge < -0.3 is 20.4 Å². The molecular formula is C15H22N2O3. The van der Waals surface area contributed by atoms with Crippen LogP contribution in [-0.4, -0.2) is 46.4 Å². The number of anilines is 1. The number of rotatable bonds is 3. The highest BCUT2D eigenvalue weighted by molar-refractivity contribution is 5.91. The summed E-state index contributed by atoms with van der Waals surface area (Å²) in [7, 11) is 0. The van der Waals surface area contributed by atoms with Crippen molar-refractivity contribution in [2.24, 2.45) is 0 Å². The highest BCUT2D eigenvalue weighted by Crippen LogP contribution is 2.29. The van der Waals surface area contributed by atoms with Gasteiger partial charge in [0.2, 0.25) is 0 Å². The van der Waals surface area contributed by atoms with E-state index < -0.39 is 5.54 Å². The summed E-state index contributed by atoms with van der Waals surface area (Å²) in [5.41, 5.74) is 2.00. The number of amides is 2. The molecule has 0 atom stereocenters. The first-order valence-electron chi connectivity index (χ1n) is 6.90. The molecule has 1 aliphatic rings. The van der Waals surface area contributed by atoms with Crippen LogP contribution >= 0.6 is 0 Å². The molecule has 110 valence electrons. The van der Waals surface area contributed by atoms with Crippen molar-refractivity contribution in [1.82, 2.24) is 4.90 Å². The number of carbonyl (C=O) groups excluding carboxylic acids is 1. The molecule has 1 saturated heterocycles. The average Bonchev–Trinajstić information content (AvgIpc) is 2.87. The lowest BCUT2D eigenvalue weighted by molar-refractivity contribution is 0.0393. The maximum Gasteiger partial charge on any atom is 0.322 e. The molecule has 0 radical (unpaired) electrons. The van der Waals surface area contributed by atoms with Crippen molar-refractivity contribution >= 4 is 11.7 Å². The van der Waals surface area contributed by atoms with Gasteiger partial charge in [0.15, 0.2) is 0 Å². The SMILES string of the molecule is Cc1ccc(C)c(NC(=O)N2CCCC2(CO)CO)c1. The quantitative estimate of drug-likeness (QED) is 0.787. The first-order valence-corrected chi connectivity index (χ1v) is 6.90. The summed E-state index contributed by atoms with van der Waals surface area (Å²) >= 11 is 0. The van der Waals surface area contributed by atoms with Crippen LogP contribution < -0.4 is 5.32 Å². The zero-order valence-corrected chi connectivity index (χ0v) is 12.0. The highest BCUT2D eigenvalue weighted by Gasteiger charge is 2.42. The van der Waals surface area contributed by atoms with Gasteiger partial charge in [-0.25, -0.2) is 4.79 Å². The molecule has 1 aliphatic heterocycles. The molecule has 0 spiro atoms. The Balaban J connectivity index is 2.17. The molecule has 0 bridgehead atoms. The Kier molecular flexibility index (Phi) is 4.30. The lowest BCUT2D eigenvalue weighted by atomic mass is 9.99. The fourth-order valence-electron chi connectivity index (χ4n) is 2.69. The van der Waals surface area contributed by atoms with Crippen LogP contribution in [0.15, 0.2) is 18.2 Å². The van der Waals surface area contributed by atoms with Gasteiger partial charge >= 0.3 is 6.03 Å². The second-order valence-corrected chi connectivity index (χ2v) is 5.54. The summed E-state index contributed by atoms with van der Waals surface area (Å²) in [6, 6.07) is 5.61. The van der Waals surface area contributed by atoms with E-state index in [0.29, 0.717) is 13.0 Å². The number of urea groups is 1. The van der Waals surface area contributed by atoms with Crippen molar-refractivity contribution in [3.8, 4) is 0 Å². The fourth-order valence-corrected chi connectivity index (χ4v) is 2.69. The molecule has 5 heteroatoms. The number of aliphatic hydroxyl groups is 2. The molecule has 0 aromatic heterocycles. The summed E-state index contributed by atoms with van der Waals surface area (Å²) in [5.74, 6) is 0. The molecule has 0 unspecified atom stereocenters. The minimum Gasteiger partial charge on any atom is -0.394 e. The van der Waals surface area contributed by atoms with E-state index in [9.17, 15) is 15.0 Å². The first kappa shape index (κ1) is 14.8. The van der Waals surface area contributed by atoms with E-state index in [4.69, 9.17) is 0 Å². The van der Waals surface area contributed by atoms with Gasteiger partial charge in [0, 0.05) is 12.2 Å². The van der Waals surface area contributed by atoms with Crippen LogP contribution in [0.2, 0.25) is 0 Å². The zero-order chi connectivity index (χ0) is 14.8. The minimum absolute atomic E-state index is 0.219. The maximum absolute atomic E-state index is 12.4. The summed E-state index contributed by atoms with van der Waals surface area (Å²) in [4.78, 5) is 14.0. The van der Waals surface area contributed by atoms with Crippen LogP contribution in [0.3, 0.4) is 0 Å². The Morgan fingerprint density at radius 3 is 2.70 bits per heavy atom. The van der Waals surface area contributed by atoms with Crippen molar-refractivity contribution in [3.05, 3.63) is 29.3 Å². The van der Waals surface area contributed by atoms with E-state index in [1.54, 1.807) is 4.90 Å². The van der Waals surface area contributed by atoms with E-state index in [0.717, 1.165) is 23.2 Å². The predicted octanol–water partition coefficient (Wildman–Crippen LogP) is 1.65. The molecule has 1 aromatic carbocycles. The molecule has 3 N–H and O–H groups in total. The number of nitrogens with zero attached hydrogens (tertiary/aromatic N) is 1. The Morgan fingerprint density at radius 1 is 1.35 bits per heavy atom. The molecule has 20 heavy (non-hydrogen) atoms. The Labute approximate surface area is 119 Å². The maximum atomic E-state index is 12.4. The van der Waals surface area contributed by atoms with E-state index in [1.807, 2.05) is 32.0 Å². The van der Waals surface area contributed by atoms with Crippen molar-refractivity contribution in [2.75, 3.05) is 25.1 Å². The number of nitrogens with one attached hydrogen (secondary N) is 1. The van der Waals surface area contributed by atoms with Gasteiger partial charge in [-0.05, 0) is 43.9 Å². The van der Waals surface area contributed by atoms with Crippen molar-refractivity contribution in [2.45, 2.75) is 32.2 Å². The normalized spacial score (nSPS) is 17.3. The highest BCUT2D eigenvalue weighted by atomic mass is 16.3. The van der Waals surface area contributed by atoms with Gasteiger partial charge in [0.25, 0.3) is 0 Å². The summed E-state index contributed by atoms with van der Waals surface area (Å²) in [5, 5.41) is 21.9. The van der Waals surface area contributed by atoms with Crippen LogP contribution in [0.1, 0.15) is 24.0 Å². The third-order valence-corrected chi connectivity index (χ3v) is 4.06. The van der Waals surface area contributed by atoms with Crippen LogP contribution in [0.25, 0.3) is 0 Å². The molecule has 5 nitrogen and oxygen atoms in total. The van der Waals surface area contributed by atoms with Crippen LogP contribution in [0.4, 0.5) is 10.5 Å². The van der Waals surface area contributed by atoms with Gasteiger partial charge in [0.05, 0.1) is 18.8 Å². The second kappa shape index (κ2) is 5.81. The van der Waals surface area contributed by atoms with E-state index in [1.165, 1.54) is 0 Å². The Morgan fingerprint density at radius 2 is 2.05 bits per heavy atom. The summed E-state index contributed by atoms with van der Waals surface area (Å²) in [6.45, 7) is 4.02. The monoisotopic (exact) mass is 278 g/mol. The smallest absolute Gasteiger partial charge is 0.322 e. The lowest BCUT2D eigenvalue weighted by Gasteiger charge is -2.35. The number of hydrogen-bond acceptors (Lipinski definition) is 3. The lowest BCUT2D eigenvalue weighted by Crippen LogP contribution is -2.54. The van der Waals surface area contributed by atoms with Gasteiger partial charge in [-0.1, -0.05) is 12.1 Å². The second-order valence-electron chi connectivity index (χ2n) is 5.54. The van der Waals surface area contributed by atoms with Crippen molar-refractivity contribution in [3.63, 3.8) is 0 Å². The summed E-state index contributed by atoms with van der Waals surface area (Å²) < 4.78 is 0. The molecule has 0 saturated carbocycles. The van der Waals surface area contributed by atoms with E-state index in [2.05, 4.69) is 5.32 Å². The van der Waals surface area contributed by atoms with Crippen molar-refractivity contribution in [1.29, 1.82) is 0 Å². The molecule has 2 rings (SSSR count). The van der Waals surface area contributed by atoms with Gasteiger partial charge in [-0.15, -0.1) is 0 Å². The third-order valence-electron chi connectivity index (χ3n) is 4.06. The molecule has 1 heterocycles. The number of aliphatic hydroxyl groups excluding tert-OH is 2. The molecule has 0 aliphatic carbocycles. The third kappa shape index (κ3) is 2.64. The number of carbonyl (C=O) groups is 1. The van der Waals surface area contributed by atoms with Gasteiger partial charge in [0.1, 0.15) is 0 Å². The fraction of sp³-hybridized carbons (Fsp3) is 0.533. The van der Waals surface area contributed by atoms with Crippen molar-refractivity contribution < 1.29 is 15.0 Å². The van der Waals surface area contributed by atoms with Gasteiger partial charge in [-0.3, -0.25) is 0 Å². The topological polar surface area (TPSA) is 72.8 Å².